The summed E-state index contributed by atoms with van der Waals surface area (Å²) in [5.41, 5.74) is 5.45. The van der Waals surface area contributed by atoms with Gasteiger partial charge in [-0.2, -0.15) is 0 Å². The number of hydrogen-bond acceptors (Lipinski definition) is 3. The van der Waals surface area contributed by atoms with E-state index >= 15 is 0 Å². The van der Waals surface area contributed by atoms with E-state index in [9.17, 15) is 12.8 Å². The van der Waals surface area contributed by atoms with Crippen molar-refractivity contribution in [2.75, 3.05) is 5.73 Å². The van der Waals surface area contributed by atoms with Gasteiger partial charge in [0.25, 0.3) is 0 Å². The molecule has 18 heavy (non-hydrogen) atoms. The number of hydrogen-bond donors (Lipinski definition) is 2. The van der Waals surface area contributed by atoms with Crippen molar-refractivity contribution < 1.29 is 12.8 Å². The van der Waals surface area contributed by atoms with E-state index in [4.69, 9.17) is 5.73 Å². The van der Waals surface area contributed by atoms with Crippen LogP contribution >= 0.6 is 0 Å². The molecule has 0 saturated heterocycles. The van der Waals surface area contributed by atoms with Gasteiger partial charge in [-0.05, 0) is 38.0 Å². The van der Waals surface area contributed by atoms with Crippen molar-refractivity contribution in [3.8, 4) is 0 Å². The average Bonchev–Trinajstić information content (AvgIpc) is 2.24. The van der Waals surface area contributed by atoms with Crippen LogP contribution in [-0.4, -0.2) is 14.5 Å². The normalized spacial score (nSPS) is 13.3. The van der Waals surface area contributed by atoms with E-state index in [1.165, 1.54) is 13.0 Å². The van der Waals surface area contributed by atoms with Gasteiger partial charge in [-0.1, -0.05) is 6.08 Å². The van der Waals surface area contributed by atoms with Gasteiger partial charge in [0.15, 0.2) is 0 Å². The molecule has 0 spiro atoms. The third-order valence-corrected chi connectivity index (χ3v) is 4.01. The minimum absolute atomic E-state index is 0.0326. The van der Waals surface area contributed by atoms with Gasteiger partial charge in [-0.15, -0.1) is 6.58 Å². The van der Waals surface area contributed by atoms with Gasteiger partial charge >= 0.3 is 0 Å². The third-order valence-electron chi connectivity index (χ3n) is 2.44. The highest BCUT2D eigenvalue weighted by Gasteiger charge is 2.19. The fraction of sp³-hybridized carbons (Fsp3) is 0.333. The number of nitrogens with one attached hydrogen (secondary N) is 1. The van der Waals surface area contributed by atoms with Crippen molar-refractivity contribution in [1.29, 1.82) is 0 Å². The van der Waals surface area contributed by atoms with Gasteiger partial charge in [-0.3, -0.25) is 0 Å². The smallest absolute Gasteiger partial charge is 0.240 e. The Hall–Kier alpha value is -1.40. The number of halogens is 1. The molecular weight excluding hydrogens is 255 g/mol. The molecule has 0 aliphatic rings. The Morgan fingerprint density at radius 1 is 1.56 bits per heavy atom. The topological polar surface area (TPSA) is 72.2 Å². The number of nitrogen functional groups attached to an aromatic ring is 1. The van der Waals surface area contributed by atoms with E-state index in [0.29, 0.717) is 6.42 Å². The largest absolute Gasteiger partial charge is 0.396 e. The Bertz CT molecular complexity index is 532. The fourth-order valence-electron chi connectivity index (χ4n) is 1.55. The monoisotopic (exact) mass is 272 g/mol. The molecule has 1 aromatic rings. The van der Waals surface area contributed by atoms with E-state index in [-0.39, 0.29) is 22.2 Å². The Morgan fingerprint density at radius 2 is 2.17 bits per heavy atom. The van der Waals surface area contributed by atoms with E-state index in [1.54, 1.807) is 13.0 Å². The highest BCUT2D eigenvalue weighted by atomic mass is 32.2. The minimum Gasteiger partial charge on any atom is -0.396 e. The molecule has 1 atom stereocenters. The predicted molar refractivity (Wildman–Crippen MR) is 70.1 cm³/mol. The van der Waals surface area contributed by atoms with E-state index in [1.807, 2.05) is 0 Å². The van der Waals surface area contributed by atoms with Gasteiger partial charge in [0.1, 0.15) is 5.82 Å². The van der Waals surface area contributed by atoms with Crippen LogP contribution in [0, 0.1) is 12.7 Å². The summed E-state index contributed by atoms with van der Waals surface area (Å²) in [4.78, 5) is -0.0326. The standard InChI is InChI=1S/C12H17FN2O2S/c1-4-5-9(3)15-18(16,17)10-6-8(2)12(13)11(14)7-10/h4,6-7,9,15H,1,5,14H2,2-3H3. The Labute approximate surface area is 107 Å². The first kappa shape index (κ1) is 14.7. The summed E-state index contributed by atoms with van der Waals surface area (Å²) in [5.74, 6) is -0.590. The van der Waals surface area contributed by atoms with E-state index in [0.717, 1.165) is 6.07 Å². The van der Waals surface area contributed by atoms with E-state index < -0.39 is 15.8 Å². The van der Waals surface area contributed by atoms with Gasteiger partial charge in [0, 0.05) is 6.04 Å². The molecule has 1 aromatic carbocycles. The molecule has 0 aliphatic carbocycles. The highest BCUT2D eigenvalue weighted by molar-refractivity contribution is 7.89. The maximum Gasteiger partial charge on any atom is 0.240 e. The number of sulfonamides is 1. The van der Waals surface area contributed by atoms with Crippen LogP contribution in [0.4, 0.5) is 10.1 Å². The molecule has 0 aliphatic heterocycles. The first-order valence-corrected chi connectivity index (χ1v) is 6.95. The zero-order valence-corrected chi connectivity index (χ0v) is 11.2. The predicted octanol–water partition coefficient (Wildman–Crippen LogP) is 1.96. The lowest BCUT2D eigenvalue weighted by Gasteiger charge is -2.13. The van der Waals surface area contributed by atoms with Gasteiger partial charge in [0.2, 0.25) is 10.0 Å². The second-order valence-electron chi connectivity index (χ2n) is 4.19. The minimum atomic E-state index is -3.69. The molecular formula is C12H17FN2O2S. The maximum atomic E-state index is 13.3. The molecule has 0 amide bonds. The van der Waals surface area contributed by atoms with Gasteiger partial charge < -0.3 is 5.73 Å². The third kappa shape index (κ3) is 3.30. The molecule has 100 valence electrons. The van der Waals surface area contributed by atoms with Crippen molar-refractivity contribution in [1.82, 2.24) is 4.72 Å². The Kier molecular flexibility index (Phi) is 4.48. The summed E-state index contributed by atoms with van der Waals surface area (Å²) in [7, 11) is -3.69. The molecule has 0 fully saturated rings. The SMILES string of the molecule is C=CCC(C)NS(=O)(=O)c1cc(C)c(F)c(N)c1. The van der Waals surface area contributed by atoms with Gasteiger partial charge in [-0.25, -0.2) is 17.5 Å². The Balaban J connectivity index is 3.09. The first-order valence-electron chi connectivity index (χ1n) is 5.46. The molecule has 0 aromatic heterocycles. The van der Waals surface area contributed by atoms with Crippen LogP contribution in [0.25, 0.3) is 0 Å². The number of aryl methyl sites for hydroxylation is 1. The lowest BCUT2D eigenvalue weighted by atomic mass is 10.2. The number of rotatable bonds is 5. The summed E-state index contributed by atoms with van der Waals surface area (Å²) < 4.78 is 39.8. The van der Waals surface area contributed by atoms with Crippen molar-refractivity contribution >= 4 is 15.7 Å². The molecule has 0 saturated carbocycles. The number of anilines is 1. The molecule has 1 rings (SSSR count). The lowest BCUT2D eigenvalue weighted by molar-refractivity contribution is 0.561. The number of nitrogens with two attached hydrogens (primary N) is 1. The number of benzene rings is 1. The van der Waals surface area contributed by atoms with Crippen molar-refractivity contribution in [2.45, 2.75) is 31.2 Å². The molecule has 6 heteroatoms. The van der Waals surface area contributed by atoms with Crippen LogP contribution in [0.15, 0.2) is 29.7 Å². The van der Waals surface area contributed by atoms with Crippen molar-refractivity contribution in [2.24, 2.45) is 0 Å². The first-order chi connectivity index (χ1) is 8.27. The van der Waals surface area contributed by atoms with E-state index in [2.05, 4.69) is 11.3 Å². The zero-order valence-electron chi connectivity index (χ0n) is 10.4. The summed E-state index contributed by atoms with van der Waals surface area (Å²) >= 11 is 0. The Morgan fingerprint density at radius 3 is 2.67 bits per heavy atom. The summed E-state index contributed by atoms with van der Waals surface area (Å²) in [5, 5.41) is 0. The zero-order chi connectivity index (χ0) is 13.9. The van der Waals surface area contributed by atoms with Crippen LogP contribution in [0.2, 0.25) is 0 Å². The second kappa shape index (κ2) is 5.49. The molecule has 3 N–H and O–H groups in total. The average molecular weight is 272 g/mol. The lowest BCUT2D eigenvalue weighted by Crippen LogP contribution is -2.32. The van der Waals surface area contributed by atoms with Crippen LogP contribution in [0.1, 0.15) is 18.9 Å². The van der Waals surface area contributed by atoms with Crippen molar-refractivity contribution in [3.63, 3.8) is 0 Å². The fourth-order valence-corrected chi connectivity index (χ4v) is 2.92. The summed E-state index contributed by atoms with van der Waals surface area (Å²) in [6, 6.07) is 2.10. The highest BCUT2D eigenvalue weighted by Crippen LogP contribution is 2.21. The molecule has 4 nitrogen and oxygen atoms in total. The van der Waals surface area contributed by atoms with Crippen LogP contribution < -0.4 is 10.5 Å². The van der Waals surface area contributed by atoms with Gasteiger partial charge in [0.05, 0.1) is 10.6 Å². The quantitative estimate of drug-likeness (QED) is 0.635. The summed E-state index contributed by atoms with van der Waals surface area (Å²) in [6.07, 6.45) is 2.13. The van der Waals surface area contributed by atoms with Crippen LogP contribution in [0.5, 0.6) is 0 Å². The maximum absolute atomic E-state index is 13.3. The second-order valence-corrected chi connectivity index (χ2v) is 5.90. The van der Waals surface area contributed by atoms with Crippen LogP contribution in [-0.2, 0) is 10.0 Å². The molecule has 0 heterocycles. The molecule has 1 unspecified atom stereocenters. The molecule has 0 bridgehead atoms. The molecule has 0 radical (unpaired) electrons. The summed E-state index contributed by atoms with van der Waals surface area (Å²) in [6.45, 7) is 6.73. The van der Waals surface area contributed by atoms with Crippen LogP contribution in [0.3, 0.4) is 0 Å². The van der Waals surface area contributed by atoms with Crippen molar-refractivity contribution in [3.05, 3.63) is 36.2 Å².